The molecule has 1 rings (SSSR count). The summed E-state index contributed by atoms with van der Waals surface area (Å²) in [5.41, 5.74) is 0. The van der Waals surface area contributed by atoms with Gasteiger partial charge < -0.3 is 5.32 Å². The minimum Gasteiger partial charge on any atom is -0.355 e. The molecule has 0 saturated carbocycles. The molecule has 13 heavy (non-hydrogen) atoms. The molecule has 0 spiro atoms. The molecule has 0 aromatic carbocycles. The van der Waals surface area contributed by atoms with Gasteiger partial charge in [0.05, 0.1) is 18.7 Å². The second-order valence-corrected chi connectivity index (χ2v) is 3.38. The molecule has 72 valence electrons. The number of nitrogens with zero attached hydrogens (tertiary/aromatic N) is 2. The quantitative estimate of drug-likeness (QED) is 0.615. The topological polar surface area (TPSA) is 56.1 Å². The van der Waals surface area contributed by atoms with Crippen LogP contribution in [0.5, 0.6) is 0 Å². The van der Waals surface area contributed by atoms with Crippen molar-refractivity contribution in [2.75, 3.05) is 20.1 Å². The SMILES string of the molecule is CN(CC#N)C1CCCCNC1=O. The highest BCUT2D eigenvalue weighted by molar-refractivity contribution is 5.81. The van der Waals surface area contributed by atoms with Gasteiger partial charge in [-0.3, -0.25) is 9.69 Å². The molecular formula is C9H15N3O. The standard InChI is InChI=1S/C9H15N3O/c1-12(7-5-10)8-4-2-3-6-11-9(8)13/h8H,2-4,6-7H2,1H3,(H,11,13). The Morgan fingerprint density at radius 3 is 3.15 bits per heavy atom. The summed E-state index contributed by atoms with van der Waals surface area (Å²) < 4.78 is 0. The largest absolute Gasteiger partial charge is 0.355 e. The molecule has 0 bridgehead atoms. The molecule has 1 unspecified atom stereocenters. The maximum Gasteiger partial charge on any atom is 0.237 e. The van der Waals surface area contributed by atoms with E-state index in [2.05, 4.69) is 11.4 Å². The first kappa shape index (κ1) is 10.0. The van der Waals surface area contributed by atoms with E-state index in [1.807, 2.05) is 7.05 Å². The van der Waals surface area contributed by atoms with Crippen LogP contribution in [0.3, 0.4) is 0 Å². The molecule has 0 aromatic heterocycles. The number of likely N-dealkylation sites (N-methyl/N-ethyl adjacent to an activating group) is 1. The number of amides is 1. The van der Waals surface area contributed by atoms with Crippen molar-refractivity contribution in [3.8, 4) is 6.07 Å². The number of rotatable bonds is 2. The summed E-state index contributed by atoms with van der Waals surface area (Å²) in [6.45, 7) is 1.09. The molecule has 1 fully saturated rings. The first-order valence-corrected chi connectivity index (χ1v) is 4.60. The third kappa shape index (κ3) is 2.71. The zero-order valence-electron chi connectivity index (χ0n) is 7.92. The Hall–Kier alpha value is -1.08. The highest BCUT2D eigenvalue weighted by Gasteiger charge is 2.23. The first-order valence-electron chi connectivity index (χ1n) is 4.60. The Bertz CT molecular complexity index is 221. The van der Waals surface area contributed by atoms with Gasteiger partial charge in [-0.05, 0) is 26.3 Å². The Labute approximate surface area is 78.5 Å². The van der Waals surface area contributed by atoms with Gasteiger partial charge in [-0.1, -0.05) is 0 Å². The van der Waals surface area contributed by atoms with Crippen LogP contribution >= 0.6 is 0 Å². The molecule has 1 atom stereocenters. The summed E-state index contributed by atoms with van der Waals surface area (Å²) in [5, 5.41) is 11.3. The molecular weight excluding hydrogens is 166 g/mol. The van der Waals surface area contributed by atoms with Crippen LogP contribution < -0.4 is 5.32 Å². The van der Waals surface area contributed by atoms with Gasteiger partial charge >= 0.3 is 0 Å². The van der Waals surface area contributed by atoms with Crippen LogP contribution in [-0.2, 0) is 4.79 Å². The van der Waals surface area contributed by atoms with E-state index >= 15 is 0 Å². The number of hydrogen-bond donors (Lipinski definition) is 1. The summed E-state index contributed by atoms with van der Waals surface area (Å²) >= 11 is 0. The first-order chi connectivity index (χ1) is 6.25. The van der Waals surface area contributed by atoms with Crippen molar-refractivity contribution in [2.45, 2.75) is 25.3 Å². The lowest BCUT2D eigenvalue weighted by molar-refractivity contribution is -0.125. The van der Waals surface area contributed by atoms with E-state index in [4.69, 9.17) is 5.26 Å². The Morgan fingerprint density at radius 1 is 1.69 bits per heavy atom. The fraction of sp³-hybridized carbons (Fsp3) is 0.778. The minimum atomic E-state index is -0.109. The van der Waals surface area contributed by atoms with Crippen LogP contribution in [-0.4, -0.2) is 37.0 Å². The van der Waals surface area contributed by atoms with Crippen molar-refractivity contribution < 1.29 is 4.79 Å². The van der Waals surface area contributed by atoms with Gasteiger partial charge in [-0.2, -0.15) is 5.26 Å². The molecule has 4 heteroatoms. The van der Waals surface area contributed by atoms with E-state index in [9.17, 15) is 4.79 Å². The Balaban J connectivity index is 2.54. The van der Waals surface area contributed by atoms with Crippen molar-refractivity contribution in [3.05, 3.63) is 0 Å². The monoisotopic (exact) mass is 181 g/mol. The lowest BCUT2D eigenvalue weighted by Gasteiger charge is -2.22. The molecule has 4 nitrogen and oxygen atoms in total. The van der Waals surface area contributed by atoms with Gasteiger partial charge in [-0.25, -0.2) is 0 Å². The second kappa shape index (κ2) is 4.83. The zero-order valence-corrected chi connectivity index (χ0v) is 7.92. The molecule has 0 radical (unpaired) electrons. The number of carbonyl (C=O) groups excluding carboxylic acids is 1. The summed E-state index contributed by atoms with van der Waals surface area (Å²) in [4.78, 5) is 13.3. The number of nitriles is 1. The van der Waals surface area contributed by atoms with Crippen LogP contribution in [0.4, 0.5) is 0 Å². The molecule has 1 saturated heterocycles. The highest BCUT2D eigenvalue weighted by atomic mass is 16.2. The fourth-order valence-corrected chi connectivity index (χ4v) is 1.57. The van der Waals surface area contributed by atoms with Crippen molar-refractivity contribution >= 4 is 5.91 Å². The van der Waals surface area contributed by atoms with E-state index in [-0.39, 0.29) is 11.9 Å². The van der Waals surface area contributed by atoms with E-state index in [1.165, 1.54) is 0 Å². The summed E-state index contributed by atoms with van der Waals surface area (Å²) in [5.74, 6) is 0.0650. The smallest absolute Gasteiger partial charge is 0.237 e. The lowest BCUT2D eigenvalue weighted by Crippen LogP contribution is -2.43. The van der Waals surface area contributed by atoms with Crippen molar-refractivity contribution in [1.82, 2.24) is 10.2 Å². The summed E-state index contributed by atoms with van der Waals surface area (Å²) in [7, 11) is 1.82. The minimum absolute atomic E-state index is 0.0650. The predicted molar refractivity (Wildman–Crippen MR) is 48.9 cm³/mol. The molecule has 0 aromatic rings. The summed E-state index contributed by atoms with van der Waals surface area (Å²) in [6, 6.07) is 1.94. The van der Waals surface area contributed by atoms with E-state index in [0.717, 1.165) is 25.8 Å². The molecule has 1 aliphatic heterocycles. The van der Waals surface area contributed by atoms with Crippen molar-refractivity contribution in [2.24, 2.45) is 0 Å². The molecule has 1 amide bonds. The zero-order chi connectivity index (χ0) is 9.68. The maximum atomic E-state index is 11.5. The average molecular weight is 181 g/mol. The Kier molecular flexibility index (Phi) is 3.71. The number of carbonyl (C=O) groups is 1. The van der Waals surface area contributed by atoms with E-state index in [1.54, 1.807) is 4.90 Å². The van der Waals surface area contributed by atoms with Gasteiger partial charge in [-0.15, -0.1) is 0 Å². The van der Waals surface area contributed by atoms with Crippen LogP contribution in [0.1, 0.15) is 19.3 Å². The van der Waals surface area contributed by atoms with Crippen molar-refractivity contribution in [3.63, 3.8) is 0 Å². The number of hydrogen-bond acceptors (Lipinski definition) is 3. The van der Waals surface area contributed by atoms with Gasteiger partial charge in [0.2, 0.25) is 5.91 Å². The fourth-order valence-electron chi connectivity index (χ4n) is 1.57. The molecule has 0 aliphatic carbocycles. The lowest BCUT2D eigenvalue weighted by atomic mass is 10.1. The van der Waals surface area contributed by atoms with Crippen LogP contribution in [0.2, 0.25) is 0 Å². The van der Waals surface area contributed by atoms with Crippen LogP contribution in [0.15, 0.2) is 0 Å². The maximum absolute atomic E-state index is 11.5. The Morgan fingerprint density at radius 2 is 2.46 bits per heavy atom. The molecule has 1 N–H and O–H groups in total. The molecule has 1 aliphatic rings. The van der Waals surface area contributed by atoms with Crippen molar-refractivity contribution in [1.29, 1.82) is 5.26 Å². The predicted octanol–water partition coefficient (Wildman–Crippen LogP) is 0.110. The highest BCUT2D eigenvalue weighted by Crippen LogP contribution is 2.10. The number of nitrogens with one attached hydrogen (secondary N) is 1. The van der Waals surface area contributed by atoms with E-state index < -0.39 is 0 Å². The summed E-state index contributed by atoms with van der Waals surface area (Å²) in [6.07, 6.45) is 2.96. The third-order valence-corrected chi connectivity index (χ3v) is 2.36. The van der Waals surface area contributed by atoms with Gasteiger partial charge in [0, 0.05) is 6.54 Å². The van der Waals surface area contributed by atoms with Gasteiger partial charge in [0.15, 0.2) is 0 Å². The van der Waals surface area contributed by atoms with Gasteiger partial charge in [0.1, 0.15) is 0 Å². The molecule has 1 heterocycles. The normalized spacial score (nSPS) is 23.5. The van der Waals surface area contributed by atoms with E-state index in [0.29, 0.717) is 6.54 Å². The third-order valence-electron chi connectivity index (χ3n) is 2.36. The van der Waals surface area contributed by atoms with Crippen LogP contribution in [0.25, 0.3) is 0 Å². The average Bonchev–Trinajstić information content (AvgIpc) is 2.30. The van der Waals surface area contributed by atoms with Crippen LogP contribution in [0, 0.1) is 11.3 Å². The second-order valence-electron chi connectivity index (χ2n) is 3.38. The van der Waals surface area contributed by atoms with Gasteiger partial charge in [0.25, 0.3) is 0 Å².